The van der Waals surface area contributed by atoms with E-state index in [9.17, 15) is 0 Å². The topological polar surface area (TPSA) is 69.3 Å². The molecule has 0 spiro atoms. The van der Waals surface area contributed by atoms with Crippen molar-refractivity contribution in [3.05, 3.63) is 64.8 Å². The molecule has 0 aliphatic heterocycles. The van der Waals surface area contributed by atoms with Gasteiger partial charge in [0.25, 0.3) is 0 Å². The third-order valence-corrected chi connectivity index (χ3v) is 4.03. The summed E-state index contributed by atoms with van der Waals surface area (Å²) in [5, 5.41) is 2.52. The highest BCUT2D eigenvalue weighted by molar-refractivity contribution is 5.78. The van der Waals surface area contributed by atoms with E-state index >= 15 is 0 Å². The molecule has 2 aromatic rings. The molecule has 0 bridgehead atoms. The van der Waals surface area contributed by atoms with Crippen LogP contribution in [0, 0.1) is 0 Å². The lowest BCUT2D eigenvalue weighted by molar-refractivity contribution is 0.682. The molecule has 0 unspecified atom stereocenters. The van der Waals surface area contributed by atoms with Crippen LogP contribution in [0.25, 0.3) is 12.2 Å². The van der Waals surface area contributed by atoms with Gasteiger partial charge in [0.1, 0.15) is 0 Å². The summed E-state index contributed by atoms with van der Waals surface area (Å²) in [6, 6.07) is 10.2. The van der Waals surface area contributed by atoms with Gasteiger partial charge in [-0.1, -0.05) is 57.6 Å². The number of rotatable bonds is 7. The van der Waals surface area contributed by atoms with Crippen molar-refractivity contribution in [1.82, 2.24) is 4.57 Å². The minimum atomic E-state index is 0.0831. The maximum absolute atomic E-state index is 5.40. The van der Waals surface area contributed by atoms with E-state index in [4.69, 9.17) is 11.5 Å². The van der Waals surface area contributed by atoms with Crippen molar-refractivity contribution in [2.24, 2.45) is 16.5 Å². The fourth-order valence-electron chi connectivity index (χ4n) is 2.69. The standard InChI is InChI=1S/C21H28N4.C2H6/c1-3-5-6-7-8-20-18(4-2)14-16-25(20)15-13-17-9-11-19(12-10-17)24-21(22)23;1-2/h4,6-12,14,16H,3,5,13,15H2,1-2H3,(H4,22,23,24);1-2H3/b7-6-,18-4-,20-8+;. The van der Waals surface area contributed by atoms with Gasteiger partial charge in [-0.15, -0.1) is 0 Å². The number of aromatic nitrogens is 1. The van der Waals surface area contributed by atoms with Gasteiger partial charge in [-0.3, -0.25) is 0 Å². The van der Waals surface area contributed by atoms with E-state index in [-0.39, 0.29) is 5.96 Å². The molecule has 27 heavy (non-hydrogen) atoms. The van der Waals surface area contributed by atoms with Crippen LogP contribution in [-0.4, -0.2) is 10.5 Å². The monoisotopic (exact) mass is 366 g/mol. The summed E-state index contributed by atoms with van der Waals surface area (Å²) in [7, 11) is 0. The molecule has 0 aliphatic rings. The lowest BCUT2D eigenvalue weighted by Crippen LogP contribution is -2.29. The molecule has 0 atom stereocenters. The summed E-state index contributed by atoms with van der Waals surface area (Å²) in [5.41, 5.74) is 12.8. The molecule has 0 saturated heterocycles. The maximum atomic E-state index is 5.40. The Morgan fingerprint density at radius 2 is 1.81 bits per heavy atom. The van der Waals surface area contributed by atoms with E-state index < -0.39 is 0 Å². The van der Waals surface area contributed by atoms with Crippen LogP contribution in [0.3, 0.4) is 0 Å². The Bertz CT molecular complexity index is 835. The number of benzene rings is 1. The van der Waals surface area contributed by atoms with Crippen molar-refractivity contribution in [1.29, 1.82) is 0 Å². The Labute approximate surface area is 163 Å². The highest BCUT2D eigenvalue weighted by Gasteiger charge is 1.98. The summed E-state index contributed by atoms with van der Waals surface area (Å²) in [6.07, 6.45) is 14.1. The van der Waals surface area contributed by atoms with Crippen LogP contribution >= 0.6 is 0 Å². The van der Waals surface area contributed by atoms with Crippen molar-refractivity contribution in [2.75, 3.05) is 0 Å². The fraction of sp³-hybridized carbons (Fsp3) is 0.348. The number of nitrogens with zero attached hydrogens (tertiary/aromatic N) is 2. The number of hydrogen-bond acceptors (Lipinski definition) is 1. The Kier molecular flexibility index (Phi) is 10.4. The fourth-order valence-corrected chi connectivity index (χ4v) is 2.69. The average molecular weight is 367 g/mol. The zero-order valence-corrected chi connectivity index (χ0v) is 17.2. The minimum absolute atomic E-state index is 0.0831. The van der Waals surface area contributed by atoms with Crippen LogP contribution < -0.4 is 22.0 Å². The maximum Gasteiger partial charge on any atom is 0.191 e. The van der Waals surface area contributed by atoms with Crippen LogP contribution in [0.1, 0.15) is 46.1 Å². The van der Waals surface area contributed by atoms with E-state index in [1.54, 1.807) is 0 Å². The molecule has 0 fully saturated rings. The predicted molar refractivity (Wildman–Crippen MR) is 119 cm³/mol. The highest BCUT2D eigenvalue weighted by atomic mass is 15.0. The summed E-state index contributed by atoms with van der Waals surface area (Å²) in [6.45, 7) is 9.20. The molecular weight excluding hydrogens is 332 g/mol. The highest BCUT2D eigenvalue weighted by Crippen LogP contribution is 2.13. The van der Waals surface area contributed by atoms with Gasteiger partial charge >= 0.3 is 0 Å². The van der Waals surface area contributed by atoms with Gasteiger partial charge < -0.3 is 16.0 Å². The van der Waals surface area contributed by atoms with Crippen molar-refractivity contribution in [3.8, 4) is 0 Å². The van der Waals surface area contributed by atoms with Gasteiger partial charge in [-0.25, -0.2) is 4.99 Å². The van der Waals surface area contributed by atoms with Gasteiger partial charge in [-0.05, 0) is 54.8 Å². The second-order valence-electron chi connectivity index (χ2n) is 5.97. The van der Waals surface area contributed by atoms with E-state index in [1.165, 1.54) is 22.6 Å². The first-order valence-corrected chi connectivity index (χ1v) is 9.81. The van der Waals surface area contributed by atoms with Gasteiger partial charge in [0, 0.05) is 18.1 Å². The third-order valence-electron chi connectivity index (χ3n) is 4.03. The Balaban J connectivity index is 0.00000176. The second kappa shape index (κ2) is 12.6. The van der Waals surface area contributed by atoms with E-state index in [1.807, 2.05) is 26.0 Å². The van der Waals surface area contributed by atoms with Gasteiger partial charge in [0.15, 0.2) is 5.96 Å². The Morgan fingerprint density at radius 3 is 2.41 bits per heavy atom. The third kappa shape index (κ3) is 7.57. The van der Waals surface area contributed by atoms with Crippen molar-refractivity contribution >= 4 is 23.8 Å². The van der Waals surface area contributed by atoms with Crippen molar-refractivity contribution in [2.45, 2.75) is 53.5 Å². The van der Waals surface area contributed by atoms with Gasteiger partial charge in [-0.2, -0.15) is 0 Å². The second-order valence-corrected chi connectivity index (χ2v) is 5.97. The molecule has 1 aromatic carbocycles. The molecule has 2 rings (SSSR count). The van der Waals surface area contributed by atoms with Gasteiger partial charge in [0.05, 0.1) is 5.69 Å². The minimum Gasteiger partial charge on any atom is -0.370 e. The molecular formula is C23H34N4. The van der Waals surface area contributed by atoms with Crippen LogP contribution in [0.4, 0.5) is 5.69 Å². The molecule has 4 heteroatoms. The van der Waals surface area contributed by atoms with E-state index in [2.05, 4.69) is 72.1 Å². The molecule has 0 amide bonds. The quantitative estimate of drug-likeness (QED) is 0.581. The zero-order valence-electron chi connectivity index (χ0n) is 17.2. The Hall–Kier alpha value is -2.75. The summed E-state index contributed by atoms with van der Waals surface area (Å²) >= 11 is 0. The van der Waals surface area contributed by atoms with Crippen LogP contribution in [0.5, 0.6) is 0 Å². The molecule has 146 valence electrons. The number of nitrogens with two attached hydrogens (primary N) is 2. The number of aliphatic imine (C=N–C) groups is 1. The Morgan fingerprint density at radius 1 is 1.11 bits per heavy atom. The number of unbranched alkanes of at least 4 members (excludes halogenated alkanes) is 1. The normalized spacial score (nSPS) is 12.1. The predicted octanol–water partition coefficient (Wildman–Crippen LogP) is 3.60. The first-order valence-electron chi connectivity index (χ1n) is 9.81. The number of hydrogen-bond donors (Lipinski definition) is 2. The largest absolute Gasteiger partial charge is 0.370 e. The van der Waals surface area contributed by atoms with Crippen LogP contribution in [0.15, 0.2) is 53.7 Å². The molecule has 1 heterocycles. The van der Waals surface area contributed by atoms with Gasteiger partial charge in [0.2, 0.25) is 0 Å². The first kappa shape index (κ1) is 22.3. The molecule has 0 radical (unpaired) electrons. The smallest absolute Gasteiger partial charge is 0.191 e. The summed E-state index contributed by atoms with van der Waals surface area (Å²) in [4.78, 5) is 4.05. The van der Waals surface area contributed by atoms with Crippen molar-refractivity contribution < 1.29 is 0 Å². The SMILES string of the molecule is C/C=c1/ccn(CCc2ccc(N=C(N)N)cc2)/c1=C/C=C\CCC.CC. The lowest BCUT2D eigenvalue weighted by atomic mass is 10.1. The molecule has 4 N–H and O–H groups in total. The average Bonchev–Trinajstić information content (AvgIpc) is 3.08. The summed E-state index contributed by atoms with van der Waals surface area (Å²) in [5.74, 6) is 0.0831. The van der Waals surface area contributed by atoms with Crippen LogP contribution in [-0.2, 0) is 13.0 Å². The molecule has 1 aromatic heterocycles. The van der Waals surface area contributed by atoms with E-state index in [0.717, 1.165) is 25.1 Å². The van der Waals surface area contributed by atoms with Crippen LogP contribution in [0.2, 0.25) is 0 Å². The first-order chi connectivity index (χ1) is 13.1. The number of allylic oxidation sites excluding steroid dienone is 2. The lowest BCUT2D eigenvalue weighted by Gasteiger charge is -2.05. The summed E-state index contributed by atoms with van der Waals surface area (Å²) < 4.78 is 2.30. The number of aryl methyl sites for hydroxylation is 2. The number of guanidine groups is 1. The zero-order chi connectivity index (χ0) is 20.1. The molecule has 0 saturated carbocycles. The molecule has 4 nitrogen and oxygen atoms in total. The van der Waals surface area contributed by atoms with Crippen molar-refractivity contribution in [3.63, 3.8) is 0 Å². The molecule has 0 aliphatic carbocycles. The van der Waals surface area contributed by atoms with E-state index in [0.29, 0.717) is 0 Å².